The highest BCUT2D eigenvalue weighted by atomic mass is 16.6. The number of benzene rings is 1. The van der Waals surface area contributed by atoms with E-state index in [0.29, 0.717) is 6.42 Å². The molecule has 104 valence electrons. The van der Waals surface area contributed by atoms with Crippen LogP contribution >= 0.6 is 0 Å². The summed E-state index contributed by atoms with van der Waals surface area (Å²) < 4.78 is 4.98. The van der Waals surface area contributed by atoms with Gasteiger partial charge in [0.2, 0.25) is 0 Å². The molecule has 0 aromatic heterocycles. The van der Waals surface area contributed by atoms with Crippen molar-refractivity contribution in [3.8, 4) is 5.75 Å². The Morgan fingerprint density at radius 1 is 1.58 bits per heavy atom. The van der Waals surface area contributed by atoms with Crippen LogP contribution in [0.4, 0.5) is 5.69 Å². The van der Waals surface area contributed by atoms with Gasteiger partial charge in [-0.2, -0.15) is 0 Å². The number of nitro groups is 1. The van der Waals surface area contributed by atoms with E-state index < -0.39 is 10.8 Å². The van der Waals surface area contributed by atoms with E-state index in [0.717, 1.165) is 0 Å². The van der Waals surface area contributed by atoms with Crippen molar-refractivity contribution in [1.29, 1.82) is 0 Å². The summed E-state index contributed by atoms with van der Waals surface area (Å²) in [4.78, 5) is 22.4. The Labute approximate surface area is 110 Å². The number of rotatable bonds is 6. The first-order valence-electron chi connectivity index (χ1n) is 5.74. The summed E-state index contributed by atoms with van der Waals surface area (Å²) in [5, 5.41) is 22.3. The number of nitrogens with one attached hydrogen (secondary N) is 1. The monoisotopic (exact) mass is 268 g/mol. The first kappa shape index (κ1) is 14.9. The van der Waals surface area contributed by atoms with Crippen molar-refractivity contribution < 1.29 is 19.6 Å². The van der Waals surface area contributed by atoms with E-state index in [1.165, 1.54) is 25.3 Å². The van der Waals surface area contributed by atoms with E-state index in [9.17, 15) is 14.9 Å². The highest BCUT2D eigenvalue weighted by Gasteiger charge is 2.25. The van der Waals surface area contributed by atoms with Gasteiger partial charge in [0.15, 0.2) is 5.56 Å². The molecule has 1 amide bonds. The second-order valence-electron chi connectivity index (χ2n) is 4.00. The molecule has 0 heterocycles. The van der Waals surface area contributed by atoms with Crippen molar-refractivity contribution in [3.05, 3.63) is 33.9 Å². The van der Waals surface area contributed by atoms with Crippen LogP contribution in [0.25, 0.3) is 0 Å². The van der Waals surface area contributed by atoms with E-state index in [2.05, 4.69) is 5.32 Å². The molecule has 0 bridgehead atoms. The number of hydrogen-bond acceptors (Lipinski definition) is 5. The SMILES string of the molecule is COc1cccc([N+](=O)[O-])c1C(=O)NC(C)CCO. The fourth-order valence-electron chi connectivity index (χ4n) is 1.63. The Morgan fingerprint density at radius 2 is 2.26 bits per heavy atom. The fourth-order valence-corrected chi connectivity index (χ4v) is 1.63. The summed E-state index contributed by atoms with van der Waals surface area (Å²) in [7, 11) is 1.34. The van der Waals surface area contributed by atoms with Crippen LogP contribution in [0.5, 0.6) is 5.75 Å². The van der Waals surface area contributed by atoms with Crippen molar-refractivity contribution in [2.75, 3.05) is 13.7 Å². The summed E-state index contributed by atoms with van der Waals surface area (Å²) >= 11 is 0. The Hall–Kier alpha value is -2.15. The Bertz CT molecular complexity index is 475. The van der Waals surface area contributed by atoms with Gasteiger partial charge in [0.25, 0.3) is 11.6 Å². The van der Waals surface area contributed by atoms with E-state index in [1.54, 1.807) is 6.92 Å². The van der Waals surface area contributed by atoms with Gasteiger partial charge in [-0.1, -0.05) is 6.07 Å². The molecule has 7 heteroatoms. The second-order valence-corrected chi connectivity index (χ2v) is 4.00. The third kappa shape index (κ3) is 3.65. The van der Waals surface area contributed by atoms with Crippen LogP contribution in [0, 0.1) is 10.1 Å². The van der Waals surface area contributed by atoms with Crippen LogP contribution in [0.2, 0.25) is 0 Å². The number of nitro benzene ring substituents is 1. The zero-order valence-corrected chi connectivity index (χ0v) is 10.8. The van der Waals surface area contributed by atoms with Crippen molar-refractivity contribution in [3.63, 3.8) is 0 Å². The number of amides is 1. The molecule has 1 atom stereocenters. The van der Waals surface area contributed by atoms with Gasteiger partial charge in [0, 0.05) is 18.7 Å². The van der Waals surface area contributed by atoms with Crippen LogP contribution in [0.1, 0.15) is 23.7 Å². The summed E-state index contributed by atoms with van der Waals surface area (Å²) in [6.45, 7) is 1.63. The molecule has 1 aromatic carbocycles. The number of hydrogen-bond donors (Lipinski definition) is 2. The minimum atomic E-state index is -0.631. The molecule has 0 saturated carbocycles. The van der Waals surface area contributed by atoms with Crippen molar-refractivity contribution in [2.45, 2.75) is 19.4 Å². The third-order valence-corrected chi connectivity index (χ3v) is 2.59. The largest absolute Gasteiger partial charge is 0.496 e. The molecule has 0 spiro atoms. The minimum Gasteiger partial charge on any atom is -0.496 e. The zero-order valence-electron chi connectivity index (χ0n) is 10.8. The first-order chi connectivity index (χ1) is 9.01. The van der Waals surface area contributed by atoms with E-state index in [1.807, 2.05) is 0 Å². The zero-order chi connectivity index (χ0) is 14.4. The second kappa shape index (κ2) is 6.69. The van der Waals surface area contributed by atoms with E-state index in [-0.39, 0.29) is 29.6 Å². The number of ether oxygens (including phenoxy) is 1. The third-order valence-electron chi connectivity index (χ3n) is 2.59. The molecule has 7 nitrogen and oxygen atoms in total. The molecule has 0 fully saturated rings. The van der Waals surface area contributed by atoms with Crippen LogP contribution in [-0.2, 0) is 0 Å². The summed E-state index contributed by atoms with van der Waals surface area (Å²) in [5.74, 6) is -0.451. The van der Waals surface area contributed by atoms with Gasteiger partial charge in [0.1, 0.15) is 5.75 Å². The highest BCUT2D eigenvalue weighted by Crippen LogP contribution is 2.28. The normalized spacial score (nSPS) is 11.7. The summed E-state index contributed by atoms with van der Waals surface area (Å²) in [6, 6.07) is 3.89. The molecular formula is C12H16N2O5. The number of carbonyl (C=O) groups excluding carboxylic acids is 1. The average Bonchev–Trinajstić information content (AvgIpc) is 2.37. The molecule has 19 heavy (non-hydrogen) atoms. The molecule has 0 radical (unpaired) electrons. The Balaban J connectivity index is 3.09. The number of aliphatic hydroxyl groups excluding tert-OH is 1. The predicted molar refractivity (Wildman–Crippen MR) is 68.3 cm³/mol. The predicted octanol–water partition coefficient (Wildman–Crippen LogP) is 1.10. The summed E-state index contributed by atoms with van der Waals surface area (Å²) in [6.07, 6.45) is 0.370. The number of aliphatic hydroxyl groups is 1. The smallest absolute Gasteiger partial charge is 0.285 e. The Kier molecular flexibility index (Phi) is 5.25. The lowest BCUT2D eigenvalue weighted by Crippen LogP contribution is -2.33. The maximum absolute atomic E-state index is 12.1. The number of methoxy groups -OCH3 is 1. The van der Waals surface area contributed by atoms with Gasteiger partial charge in [0.05, 0.1) is 12.0 Å². The fraction of sp³-hybridized carbons (Fsp3) is 0.417. The summed E-state index contributed by atoms with van der Waals surface area (Å²) in [5.41, 5.74) is -0.423. The molecular weight excluding hydrogens is 252 g/mol. The van der Waals surface area contributed by atoms with Gasteiger partial charge < -0.3 is 15.2 Å². The first-order valence-corrected chi connectivity index (χ1v) is 5.74. The lowest BCUT2D eigenvalue weighted by molar-refractivity contribution is -0.385. The maximum Gasteiger partial charge on any atom is 0.285 e. The molecule has 0 aliphatic carbocycles. The highest BCUT2D eigenvalue weighted by molar-refractivity contribution is 6.01. The van der Waals surface area contributed by atoms with Gasteiger partial charge in [-0.25, -0.2) is 0 Å². The molecule has 1 unspecified atom stereocenters. The van der Waals surface area contributed by atoms with Gasteiger partial charge in [-0.05, 0) is 19.4 Å². The van der Waals surface area contributed by atoms with Crippen LogP contribution in [-0.4, -0.2) is 35.7 Å². The van der Waals surface area contributed by atoms with Crippen molar-refractivity contribution >= 4 is 11.6 Å². The van der Waals surface area contributed by atoms with E-state index >= 15 is 0 Å². The standard InChI is InChI=1S/C12H16N2O5/c1-8(6-7-15)13-12(16)11-9(14(17)18)4-3-5-10(11)19-2/h3-5,8,15H,6-7H2,1-2H3,(H,13,16). The molecule has 0 saturated heterocycles. The maximum atomic E-state index is 12.1. The Morgan fingerprint density at radius 3 is 2.79 bits per heavy atom. The topological polar surface area (TPSA) is 102 Å². The van der Waals surface area contributed by atoms with Crippen LogP contribution in [0.15, 0.2) is 18.2 Å². The number of carbonyl (C=O) groups is 1. The molecule has 1 rings (SSSR count). The quantitative estimate of drug-likeness (QED) is 0.594. The van der Waals surface area contributed by atoms with Gasteiger partial charge in [-0.3, -0.25) is 14.9 Å². The minimum absolute atomic E-state index is 0.0739. The molecule has 1 aromatic rings. The van der Waals surface area contributed by atoms with Crippen LogP contribution < -0.4 is 10.1 Å². The van der Waals surface area contributed by atoms with E-state index in [4.69, 9.17) is 9.84 Å². The van der Waals surface area contributed by atoms with Crippen molar-refractivity contribution in [2.24, 2.45) is 0 Å². The molecule has 0 aliphatic heterocycles. The van der Waals surface area contributed by atoms with Gasteiger partial charge >= 0.3 is 0 Å². The lowest BCUT2D eigenvalue weighted by Gasteiger charge is -2.14. The number of nitrogens with zero attached hydrogens (tertiary/aromatic N) is 1. The molecule has 2 N–H and O–H groups in total. The van der Waals surface area contributed by atoms with Crippen molar-refractivity contribution in [1.82, 2.24) is 5.32 Å². The lowest BCUT2D eigenvalue weighted by atomic mass is 10.1. The molecule has 0 aliphatic rings. The van der Waals surface area contributed by atoms with Gasteiger partial charge in [-0.15, -0.1) is 0 Å². The van der Waals surface area contributed by atoms with Crippen LogP contribution in [0.3, 0.4) is 0 Å². The average molecular weight is 268 g/mol.